The summed E-state index contributed by atoms with van der Waals surface area (Å²) in [5.74, 6) is -0.431. The van der Waals surface area contributed by atoms with Crippen LogP contribution < -0.4 is 10.6 Å². The Morgan fingerprint density at radius 3 is 2.74 bits per heavy atom. The number of aliphatic carboxylic acids is 1. The van der Waals surface area contributed by atoms with Crippen molar-refractivity contribution in [2.24, 2.45) is 0 Å². The zero-order chi connectivity index (χ0) is 13.9. The van der Waals surface area contributed by atoms with Crippen molar-refractivity contribution in [3.8, 4) is 0 Å². The number of nitrogens with zero attached hydrogens (tertiary/aromatic N) is 2. The third-order valence-electron chi connectivity index (χ3n) is 3.39. The molecule has 2 amide bonds. The normalized spacial score (nSPS) is 16.5. The maximum Gasteiger partial charge on any atom is 0.320 e. The van der Waals surface area contributed by atoms with E-state index in [1.807, 2.05) is 6.92 Å². The van der Waals surface area contributed by atoms with Crippen molar-refractivity contribution in [1.29, 1.82) is 0 Å². The Morgan fingerprint density at radius 1 is 1.53 bits per heavy atom. The van der Waals surface area contributed by atoms with Gasteiger partial charge in [0.25, 0.3) is 0 Å². The topological polar surface area (TPSA) is 96.2 Å². The molecule has 1 heterocycles. The minimum Gasteiger partial charge on any atom is -0.481 e. The molecule has 1 aliphatic carbocycles. The smallest absolute Gasteiger partial charge is 0.320 e. The number of nitrogens with one attached hydrogen (secondary N) is 2. The molecular formula is C12H18N4O3. The largest absolute Gasteiger partial charge is 0.481 e. The highest BCUT2D eigenvalue weighted by Crippen LogP contribution is 2.34. The zero-order valence-corrected chi connectivity index (χ0v) is 10.8. The van der Waals surface area contributed by atoms with Gasteiger partial charge in [0, 0.05) is 18.8 Å². The Kier molecular flexibility index (Phi) is 3.73. The third-order valence-corrected chi connectivity index (χ3v) is 3.39. The highest BCUT2D eigenvalue weighted by Gasteiger charge is 2.40. The van der Waals surface area contributed by atoms with Crippen LogP contribution in [0.25, 0.3) is 0 Å². The standard InChI is InChI=1S/C12H18N4O3/c1-2-16-7-4-9(15-16)13-11(19)14-12(5-3-6-12)8-10(17)18/h4,7H,2-3,5-6,8H2,1H3,(H,17,18)(H2,13,14,15,19). The molecule has 0 saturated heterocycles. The maximum atomic E-state index is 11.8. The van der Waals surface area contributed by atoms with E-state index in [4.69, 9.17) is 5.11 Å². The average Bonchev–Trinajstić information content (AvgIpc) is 2.73. The van der Waals surface area contributed by atoms with Crippen LogP contribution in [0.1, 0.15) is 32.6 Å². The lowest BCUT2D eigenvalue weighted by Gasteiger charge is -2.41. The molecule has 0 unspecified atom stereocenters. The predicted octanol–water partition coefficient (Wildman–Crippen LogP) is 1.42. The van der Waals surface area contributed by atoms with Gasteiger partial charge in [-0.2, -0.15) is 5.10 Å². The van der Waals surface area contributed by atoms with Crippen molar-refractivity contribution in [2.75, 3.05) is 5.32 Å². The van der Waals surface area contributed by atoms with E-state index in [9.17, 15) is 9.59 Å². The minimum atomic E-state index is -0.893. The van der Waals surface area contributed by atoms with E-state index in [0.717, 1.165) is 13.0 Å². The average molecular weight is 266 g/mol. The molecule has 1 saturated carbocycles. The van der Waals surface area contributed by atoms with Crippen LogP contribution in [0.2, 0.25) is 0 Å². The van der Waals surface area contributed by atoms with Crippen LogP contribution in [-0.4, -0.2) is 32.4 Å². The number of hydrogen-bond donors (Lipinski definition) is 3. The number of carbonyl (C=O) groups excluding carboxylic acids is 1. The lowest BCUT2D eigenvalue weighted by atomic mass is 9.74. The summed E-state index contributed by atoms with van der Waals surface area (Å²) in [4.78, 5) is 22.6. The van der Waals surface area contributed by atoms with Gasteiger partial charge >= 0.3 is 12.0 Å². The molecule has 1 aromatic rings. The summed E-state index contributed by atoms with van der Waals surface area (Å²) in [5.41, 5.74) is -0.594. The van der Waals surface area contributed by atoms with Crippen molar-refractivity contribution in [1.82, 2.24) is 15.1 Å². The highest BCUT2D eigenvalue weighted by molar-refractivity contribution is 5.89. The number of urea groups is 1. The van der Waals surface area contributed by atoms with Crippen LogP contribution in [0, 0.1) is 0 Å². The second kappa shape index (κ2) is 5.29. The molecule has 19 heavy (non-hydrogen) atoms. The van der Waals surface area contributed by atoms with E-state index in [0.29, 0.717) is 18.7 Å². The van der Waals surface area contributed by atoms with Crippen molar-refractivity contribution in [3.05, 3.63) is 12.3 Å². The number of carboxylic acids is 1. The first kappa shape index (κ1) is 13.4. The first-order valence-electron chi connectivity index (χ1n) is 6.37. The summed E-state index contributed by atoms with van der Waals surface area (Å²) in [7, 11) is 0. The van der Waals surface area contributed by atoms with E-state index in [-0.39, 0.29) is 6.42 Å². The van der Waals surface area contributed by atoms with Gasteiger partial charge in [0.05, 0.1) is 12.0 Å². The van der Waals surface area contributed by atoms with Gasteiger partial charge in [0.15, 0.2) is 5.82 Å². The monoisotopic (exact) mass is 266 g/mol. The van der Waals surface area contributed by atoms with Crippen molar-refractivity contribution in [3.63, 3.8) is 0 Å². The minimum absolute atomic E-state index is 0.0379. The Bertz CT molecular complexity index is 479. The lowest BCUT2D eigenvalue weighted by molar-refractivity contribution is -0.139. The molecule has 3 N–H and O–H groups in total. The SMILES string of the molecule is CCn1ccc(NC(=O)NC2(CC(=O)O)CCC2)n1. The summed E-state index contributed by atoms with van der Waals surface area (Å²) < 4.78 is 1.70. The number of aromatic nitrogens is 2. The fraction of sp³-hybridized carbons (Fsp3) is 0.583. The van der Waals surface area contributed by atoms with E-state index in [1.54, 1.807) is 16.9 Å². The maximum absolute atomic E-state index is 11.8. The molecule has 2 rings (SSSR count). The molecule has 1 aromatic heterocycles. The molecule has 0 radical (unpaired) electrons. The molecule has 0 spiro atoms. The summed E-state index contributed by atoms with van der Waals surface area (Å²) in [6.45, 7) is 2.68. The van der Waals surface area contributed by atoms with Crippen molar-refractivity contribution >= 4 is 17.8 Å². The Morgan fingerprint density at radius 2 is 2.26 bits per heavy atom. The molecule has 0 aliphatic heterocycles. The zero-order valence-electron chi connectivity index (χ0n) is 10.8. The second-order valence-electron chi connectivity index (χ2n) is 4.84. The molecule has 104 valence electrons. The van der Waals surface area contributed by atoms with Gasteiger partial charge in [-0.15, -0.1) is 0 Å². The van der Waals surface area contributed by atoms with Gasteiger partial charge in [0.2, 0.25) is 0 Å². The molecule has 0 bridgehead atoms. The summed E-state index contributed by atoms with van der Waals surface area (Å²) in [6.07, 6.45) is 4.08. The number of anilines is 1. The molecule has 1 aliphatic rings. The molecule has 7 heteroatoms. The van der Waals surface area contributed by atoms with Gasteiger partial charge in [-0.25, -0.2) is 4.79 Å². The van der Waals surface area contributed by atoms with Gasteiger partial charge < -0.3 is 10.4 Å². The third kappa shape index (κ3) is 3.24. The number of hydrogen-bond acceptors (Lipinski definition) is 3. The number of amides is 2. The van der Waals surface area contributed by atoms with Gasteiger partial charge in [-0.1, -0.05) is 0 Å². The van der Waals surface area contributed by atoms with Crippen LogP contribution in [0.5, 0.6) is 0 Å². The Balaban J connectivity index is 1.91. The molecule has 0 atom stereocenters. The number of rotatable bonds is 5. The quantitative estimate of drug-likeness (QED) is 0.751. The molecule has 1 fully saturated rings. The highest BCUT2D eigenvalue weighted by atomic mass is 16.4. The Hall–Kier alpha value is -2.05. The van der Waals surface area contributed by atoms with Crippen molar-refractivity contribution in [2.45, 2.75) is 44.7 Å². The van der Waals surface area contributed by atoms with Crippen LogP contribution in [0.15, 0.2) is 12.3 Å². The van der Waals surface area contributed by atoms with E-state index in [1.165, 1.54) is 0 Å². The fourth-order valence-electron chi connectivity index (χ4n) is 2.23. The van der Waals surface area contributed by atoms with Crippen LogP contribution in [0.3, 0.4) is 0 Å². The second-order valence-corrected chi connectivity index (χ2v) is 4.84. The van der Waals surface area contributed by atoms with E-state index >= 15 is 0 Å². The van der Waals surface area contributed by atoms with Crippen LogP contribution in [-0.2, 0) is 11.3 Å². The Labute approximate surface area is 111 Å². The number of carboxylic acid groups (broad SMARTS) is 1. The van der Waals surface area contributed by atoms with Gasteiger partial charge in [-0.3, -0.25) is 14.8 Å². The summed E-state index contributed by atoms with van der Waals surface area (Å²) in [6, 6.07) is 1.30. The molecule has 0 aromatic carbocycles. The van der Waals surface area contributed by atoms with E-state index in [2.05, 4.69) is 15.7 Å². The first-order valence-corrected chi connectivity index (χ1v) is 6.37. The number of carbonyl (C=O) groups is 2. The fourth-order valence-corrected chi connectivity index (χ4v) is 2.23. The molecular weight excluding hydrogens is 248 g/mol. The van der Waals surface area contributed by atoms with Gasteiger partial charge in [-0.05, 0) is 26.2 Å². The van der Waals surface area contributed by atoms with E-state index < -0.39 is 17.5 Å². The van der Waals surface area contributed by atoms with Gasteiger partial charge in [0.1, 0.15) is 0 Å². The van der Waals surface area contributed by atoms with Crippen LogP contribution in [0.4, 0.5) is 10.6 Å². The predicted molar refractivity (Wildman–Crippen MR) is 68.9 cm³/mol. The lowest BCUT2D eigenvalue weighted by Crippen LogP contribution is -2.55. The van der Waals surface area contributed by atoms with Crippen LogP contribution >= 0.6 is 0 Å². The summed E-state index contributed by atoms with van der Waals surface area (Å²) >= 11 is 0. The summed E-state index contributed by atoms with van der Waals surface area (Å²) in [5, 5.41) is 18.4. The first-order chi connectivity index (χ1) is 9.03. The number of aryl methyl sites for hydroxylation is 1. The molecule has 7 nitrogen and oxygen atoms in total. The van der Waals surface area contributed by atoms with Crippen molar-refractivity contribution < 1.29 is 14.7 Å².